The highest BCUT2D eigenvalue weighted by Gasteiger charge is 2.64. The van der Waals surface area contributed by atoms with Crippen molar-refractivity contribution in [2.75, 3.05) is 13.2 Å². The van der Waals surface area contributed by atoms with Crippen LogP contribution in [0.1, 0.15) is 31.7 Å². The predicted molar refractivity (Wildman–Crippen MR) is 76.5 cm³/mol. The average molecular weight is 290 g/mol. The van der Waals surface area contributed by atoms with E-state index in [2.05, 4.69) is 12.1 Å². The fourth-order valence-electron chi connectivity index (χ4n) is 3.78. The van der Waals surface area contributed by atoms with Gasteiger partial charge in [-0.15, -0.1) is 0 Å². The maximum Gasteiger partial charge on any atom is 0.198 e. The Morgan fingerprint density at radius 1 is 1.24 bits per heavy atom. The summed E-state index contributed by atoms with van der Waals surface area (Å²) in [6, 6.07) is 10.2. The molecule has 3 aliphatic rings. The molecular weight excluding hydrogens is 268 g/mol. The molecule has 1 spiro atoms. The van der Waals surface area contributed by atoms with E-state index in [9.17, 15) is 0 Å². The summed E-state index contributed by atoms with van der Waals surface area (Å²) in [7, 11) is 0. The molecule has 4 heteroatoms. The Hall–Kier alpha value is -0.940. The molecule has 4 rings (SSSR count). The first-order chi connectivity index (χ1) is 10.2. The summed E-state index contributed by atoms with van der Waals surface area (Å²) < 4.78 is 24.1. The minimum atomic E-state index is -0.506. The van der Waals surface area contributed by atoms with Crippen LogP contribution in [0, 0.1) is 5.92 Å². The SMILES string of the molecule is C[C@@]12CCC[C@]3(OC[C@H](COCc4ccccc4)[C@@H]3O1)O2. The van der Waals surface area contributed by atoms with Gasteiger partial charge in [0.15, 0.2) is 11.6 Å². The van der Waals surface area contributed by atoms with Crippen LogP contribution in [0.5, 0.6) is 0 Å². The predicted octanol–water partition coefficient (Wildman–Crippen LogP) is 2.86. The zero-order valence-corrected chi connectivity index (χ0v) is 12.4. The molecule has 2 bridgehead atoms. The smallest absolute Gasteiger partial charge is 0.198 e. The van der Waals surface area contributed by atoms with E-state index >= 15 is 0 Å². The third kappa shape index (κ3) is 2.40. The zero-order chi connectivity index (χ0) is 14.3. The quantitative estimate of drug-likeness (QED) is 0.854. The molecule has 0 aromatic heterocycles. The lowest BCUT2D eigenvalue weighted by Gasteiger charge is -2.33. The molecule has 0 amide bonds. The molecule has 1 aromatic rings. The van der Waals surface area contributed by atoms with Crippen LogP contribution in [0.4, 0.5) is 0 Å². The number of benzene rings is 1. The van der Waals surface area contributed by atoms with Gasteiger partial charge < -0.3 is 18.9 Å². The molecule has 21 heavy (non-hydrogen) atoms. The first-order valence-electron chi connectivity index (χ1n) is 7.83. The van der Waals surface area contributed by atoms with Crippen molar-refractivity contribution in [2.45, 2.75) is 50.5 Å². The average Bonchev–Trinajstić information content (AvgIpc) is 2.88. The molecule has 114 valence electrons. The van der Waals surface area contributed by atoms with Gasteiger partial charge in [-0.05, 0) is 18.9 Å². The van der Waals surface area contributed by atoms with Gasteiger partial charge in [-0.25, -0.2) is 0 Å². The summed E-state index contributed by atoms with van der Waals surface area (Å²) in [6.07, 6.45) is 3.00. The third-order valence-corrected chi connectivity index (χ3v) is 4.77. The fraction of sp³-hybridized carbons (Fsp3) is 0.647. The van der Waals surface area contributed by atoms with Crippen LogP contribution in [0.2, 0.25) is 0 Å². The highest BCUT2D eigenvalue weighted by Crippen LogP contribution is 2.53. The Morgan fingerprint density at radius 3 is 2.95 bits per heavy atom. The molecule has 0 N–H and O–H groups in total. The molecular formula is C17H22O4. The molecule has 4 atom stereocenters. The topological polar surface area (TPSA) is 36.9 Å². The second kappa shape index (κ2) is 5.06. The third-order valence-electron chi connectivity index (χ3n) is 4.77. The Labute approximate surface area is 125 Å². The number of hydrogen-bond donors (Lipinski definition) is 0. The standard InChI is InChI=1S/C17H22O4/c1-16-8-5-9-17(21-16)15(20-16)14(12-19-17)11-18-10-13-6-3-2-4-7-13/h2-4,6-7,14-15H,5,8-12H2,1H3/t14-,15-,16+,17-/m0/s1. The molecule has 0 unspecified atom stereocenters. The van der Waals surface area contributed by atoms with Gasteiger partial charge in [0, 0.05) is 18.8 Å². The van der Waals surface area contributed by atoms with E-state index in [1.54, 1.807) is 0 Å². The van der Waals surface area contributed by atoms with Gasteiger partial charge in [0.2, 0.25) is 0 Å². The van der Waals surface area contributed by atoms with Crippen LogP contribution in [-0.4, -0.2) is 30.9 Å². The Balaban J connectivity index is 1.37. The van der Waals surface area contributed by atoms with Gasteiger partial charge >= 0.3 is 0 Å². The van der Waals surface area contributed by atoms with Crippen LogP contribution in [0.25, 0.3) is 0 Å². The molecule has 4 nitrogen and oxygen atoms in total. The number of ether oxygens (including phenoxy) is 4. The first-order valence-corrected chi connectivity index (χ1v) is 7.83. The van der Waals surface area contributed by atoms with E-state index < -0.39 is 11.6 Å². The second-order valence-corrected chi connectivity index (χ2v) is 6.51. The van der Waals surface area contributed by atoms with Crippen molar-refractivity contribution in [1.29, 1.82) is 0 Å². The Morgan fingerprint density at radius 2 is 2.10 bits per heavy atom. The van der Waals surface area contributed by atoms with E-state index in [-0.39, 0.29) is 12.0 Å². The second-order valence-electron chi connectivity index (χ2n) is 6.51. The van der Waals surface area contributed by atoms with Crippen molar-refractivity contribution in [3.05, 3.63) is 35.9 Å². The molecule has 3 heterocycles. The number of hydrogen-bond acceptors (Lipinski definition) is 4. The van der Waals surface area contributed by atoms with Gasteiger partial charge in [0.25, 0.3) is 0 Å². The van der Waals surface area contributed by atoms with Crippen LogP contribution >= 0.6 is 0 Å². The van der Waals surface area contributed by atoms with Gasteiger partial charge in [0.1, 0.15) is 6.10 Å². The molecule has 0 aliphatic carbocycles. The minimum absolute atomic E-state index is 0.0146. The molecule has 0 radical (unpaired) electrons. The summed E-state index contributed by atoms with van der Waals surface area (Å²) in [5.74, 6) is -0.706. The van der Waals surface area contributed by atoms with Gasteiger partial charge in [-0.1, -0.05) is 30.3 Å². The molecule has 3 saturated heterocycles. The van der Waals surface area contributed by atoms with Crippen LogP contribution in [0.15, 0.2) is 30.3 Å². The summed E-state index contributed by atoms with van der Waals surface area (Å²) in [6.45, 7) is 3.98. The largest absolute Gasteiger partial charge is 0.376 e. The van der Waals surface area contributed by atoms with Crippen molar-refractivity contribution < 1.29 is 18.9 Å². The van der Waals surface area contributed by atoms with Gasteiger partial charge in [-0.2, -0.15) is 0 Å². The van der Waals surface area contributed by atoms with Crippen molar-refractivity contribution in [3.8, 4) is 0 Å². The lowest BCUT2D eigenvalue weighted by molar-refractivity contribution is -0.278. The highest BCUT2D eigenvalue weighted by atomic mass is 16.8. The Kier molecular flexibility index (Phi) is 3.30. The van der Waals surface area contributed by atoms with Crippen LogP contribution < -0.4 is 0 Å². The van der Waals surface area contributed by atoms with Crippen molar-refractivity contribution in [2.24, 2.45) is 5.92 Å². The minimum Gasteiger partial charge on any atom is -0.376 e. The first kappa shape index (κ1) is 13.7. The van der Waals surface area contributed by atoms with Crippen molar-refractivity contribution >= 4 is 0 Å². The van der Waals surface area contributed by atoms with E-state index in [0.29, 0.717) is 19.8 Å². The summed E-state index contributed by atoms with van der Waals surface area (Å²) in [5, 5.41) is 0. The maximum atomic E-state index is 6.18. The zero-order valence-electron chi connectivity index (χ0n) is 12.4. The van der Waals surface area contributed by atoms with E-state index in [4.69, 9.17) is 18.9 Å². The normalized spacial score (nSPS) is 41.2. The number of rotatable bonds is 4. The molecule has 0 saturated carbocycles. The Bertz CT molecular complexity index is 505. The fourth-order valence-corrected chi connectivity index (χ4v) is 3.78. The van der Waals surface area contributed by atoms with Crippen LogP contribution in [0.3, 0.4) is 0 Å². The molecule has 3 aliphatic heterocycles. The highest BCUT2D eigenvalue weighted by molar-refractivity contribution is 5.13. The summed E-state index contributed by atoms with van der Waals surface area (Å²) >= 11 is 0. The molecule has 1 aromatic carbocycles. The summed E-state index contributed by atoms with van der Waals surface area (Å²) in [4.78, 5) is 0. The summed E-state index contributed by atoms with van der Waals surface area (Å²) in [5.41, 5.74) is 1.19. The van der Waals surface area contributed by atoms with Gasteiger partial charge in [-0.3, -0.25) is 0 Å². The van der Waals surface area contributed by atoms with Crippen LogP contribution in [-0.2, 0) is 25.6 Å². The molecule has 3 fully saturated rings. The number of fused-ring (bicyclic) bond motifs is 1. The van der Waals surface area contributed by atoms with Crippen molar-refractivity contribution in [3.63, 3.8) is 0 Å². The lowest BCUT2D eigenvalue weighted by atomic mass is 9.95. The van der Waals surface area contributed by atoms with Crippen molar-refractivity contribution in [1.82, 2.24) is 0 Å². The lowest BCUT2D eigenvalue weighted by Crippen LogP contribution is -2.42. The van der Waals surface area contributed by atoms with E-state index in [1.165, 1.54) is 5.56 Å². The van der Waals surface area contributed by atoms with E-state index in [1.807, 2.05) is 25.1 Å². The monoisotopic (exact) mass is 290 g/mol. The maximum absolute atomic E-state index is 6.18. The van der Waals surface area contributed by atoms with Gasteiger partial charge in [0.05, 0.1) is 19.8 Å². The van der Waals surface area contributed by atoms with E-state index in [0.717, 1.165) is 19.3 Å².